The molecule has 1 aliphatic heterocycles. The molecule has 0 aliphatic carbocycles. The Morgan fingerprint density at radius 1 is 1.15 bits per heavy atom. The smallest absolute Gasteiger partial charge is 0.437 e. The first-order valence-corrected chi connectivity index (χ1v) is 10.1. The van der Waals surface area contributed by atoms with Gasteiger partial charge in [-0.05, 0) is 20.8 Å². The van der Waals surface area contributed by atoms with Crippen LogP contribution in [-0.4, -0.2) is 70.1 Å². The Hall–Kier alpha value is -3.73. The number of ether oxygens (including phenoxy) is 2. The van der Waals surface area contributed by atoms with Crippen molar-refractivity contribution in [3.05, 3.63) is 29.8 Å². The van der Waals surface area contributed by atoms with Gasteiger partial charge in [0, 0.05) is 26.2 Å². The number of hydrogen-bond donors (Lipinski definition) is 2. The van der Waals surface area contributed by atoms with Gasteiger partial charge in [0.15, 0.2) is 17.2 Å². The molecule has 0 saturated carbocycles. The average Bonchev–Trinajstić information content (AvgIpc) is 2.78. The van der Waals surface area contributed by atoms with E-state index in [2.05, 4.69) is 30.8 Å². The molecule has 0 bridgehead atoms. The van der Waals surface area contributed by atoms with Crippen molar-refractivity contribution in [3.8, 4) is 6.07 Å². The van der Waals surface area contributed by atoms with Crippen molar-refractivity contribution in [3.63, 3.8) is 0 Å². The maximum absolute atomic E-state index is 12.7. The summed E-state index contributed by atoms with van der Waals surface area (Å²) in [6.45, 7) is 8.09. The van der Waals surface area contributed by atoms with E-state index >= 15 is 0 Å². The number of amides is 1. The van der Waals surface area contributed by atoms with Crippen LogP contribution in [0.4, 0.5) is 35.3 Å². The molecule has 1 fully saturated rings. The molecule has 1 saturated heterocycles. The third-order valence-electron chi connectivity index (χ3n) is 4.02. The van der Waals surface area contributed by atoms with Gasteiger partial charge in [0.2, 0.25) is 0 Å². The molecule has 3 rings (SSSR count). The molecule has 14 heteroatoms. The quantitative estimate of drug-likeness (QED) is 0.671. The van der Waals surface area contributed by atoms with Crippen LogP contribution in [0.15, 0.2) is 18.5 Å². The Bertz CT molecular complexity index is 998. The van der Waals surface area contributed by atoms with E-state index in [1.165, 1.54) is 19.4 Å². The number of carbonyl (C=O) groups excluding carboxylic acids is 1. The van der Waals surface area contributed by atoms with Crippen LogP contribution in [0, 0.1) is 11.3 Å². The monoisotopic (exact) mass is 482 g/mol. The zero-order valence-electron chi connectivity index (χ0n) is 19.1. The minimum Gasteiger partial charge on any atom is -0.444 e. The fourth-order valence-electron chi connectivity index (χ4n) is 2.51. The van der Waals surface area contributed by atoms with E-state index in [1.54, 1.807) is 11.0 Å². The van der Waals surface area contributed by atoms with Crippen molar-refractivity contribution < 1.29 is 27.4 Å². The Kier molecular flexibility index (Phi) is 8.90. The molecule has 0 aromatic carbocycles. The van der Waals surface area contributed by atoms with Crippen molar-refractivity contribution in [1.82, 2.24) is 25.1 Å². The van der Waals surface area contributed by atoms with E-state index in [-0.39, 0.29) is 29.1 Å². The number of carbonyl (C=O) groups is 1. The van der Waals surface area contributed by atoms with Crippen LogP contribution in [-0.2, 0) is 15.7 Å². The molecular weight excluding hydrogens is 457 g/mol. The van der Waals surface area contributed by atoms with E-state index in [4.69, 9.17) is 14.7 Å². The average molecular weight is 482 g/mol. The van der Waals surface area contributed by atoms with Crippen LogP contribution in [0.25, 0.3) is 0 Å². The lowest BCUT2D eigenvalue weighted by Crippen LogP contribution is -2.43. The molecule has 1 amide bonds. The molecule has 0 atom stereocenters. The highest BCUT2D eigenvalue weighted by Crippen LogP contribution is 2.33. The SMILES string of the molecule is CC(C)(C)OC(=O)N1CCOCC1.CNc1cc(Nc2cnc(C#N)cn2)nnc1C(F)(F)F. The number of nitriles is 1. The van der Waals surface area contributed by atoms with Crippen LogP contribution in [0.3, 0.4) is 0 Å². The summed E-state index contributed by atoms with van der Waals surface area (Å²) in [5.74, 6) is 0.288. The first kappa shape index (κ1) is 26.5. The maximum atomic E-state index is 12.7. The second-order valence-electron chi connectivity index (χ2n) is 7.84. The highest BCUT2D eigenvalue weighted by atomic mass is 19.4. The molecule has 3 heterocycles. The maximum Gasteiger partial charge on any atom is 0.437 e. The predicted molar refractivity (Wildman–Crippen MR) is 115 cm³/mol. The van der Waals surface area contributed by atoms with Gasteiger partial charge >= 0.3 is 12.3 Å². The lowest BCUT2D eigenvalue weighted by atomic mass is 10.2. The highest BCUT2D eigenvalue weighted by Gasteiger charge is 2.36. The number of nitrogens with zero attached hydrogens (tertiary/aromatic N) is 6. The van der Waals surface area contributed by atoms with E-state index in [1.807, 2.05) is 20.8 Å². The number of nitrogens with one attached hydrogen (secondary N) is 2. The van der Waals surface area contributed by atoms with Gasteiger partial charge in [-0.2, -0.15) is 18.4 Å². The van der Waals surface area contributed by atoms with Crippen LogP contribution in [0.5, 0.6) is 0 Å². The fraction of sp³-hybridized carbons (Fsp3) is 0.500. The molecule has 184 valence electrons. The fourth-order valence-corrected chi connectivity index (χ4v) is 2.51. The van der Waals surface area contributed by atoms with Crippen LogP contribution in [0.1, 0.15) is 32.2 Å². The highest BCUT2D eigenvalue weighted by molar-refractivity contribution is 5.68. The number of aromatic nitrogens is 4. The van der Waals surface area contributed by atoms with Crippen molar-refractivity contribution in [1.29, 1.82) is 5.26 Å². The Labute approximate surface area is 194 Å². The summed E-state index contributed by atoms with van der Waals surface area (Å²) in [5.41, 5.74) is -1.62. The molecule has 2 aromatic heterocycles. The third kappa shape index (κ3) is 8.32. The van der Waals surface area contributed by atoms with Gasteiger partial charge in [0.05, 0.1) is 31.3 Å². The Balaban J connectivity index is 0.000000270. The summed E-state index contributed by atoms with van der Waals surface area (Å²) in [4.78, 5) is 20.8. The molecule has 0 radical (unpaired) electrons. The minimum atomic E-state index is -4.60. The van der Waals surface area contributed by atoms with Crippen LogP contribution in [0.2, 0.25) is 0 Å². The van der Waals surface area contributed by atoms with E-state index in [9.17, 15) is 18.0 Å². The zero-order valence-corrected chi connectivity index (χ0v) is 19.1. The summed E-state index contributed by atoms with van der Waals surface area (Å²) in [7, 11) is 1.34. The van der Waals surface area contributed by atoms with Gasteiger partial charge in [-0.1, -0.05) is 0 Å². The minimum absolute atomic E-state index is 0.0614. The summed E-state index contributed by atoms with van der Waals surface area (Å²) in [6.07, 6.45) is -2.36. The third-order valence-corrected chi connectivity index (χ3v) is 4.02. The first-order valence-electron chi connectivity index (χ1n) is 10.1. The molecule has 1 aliphatic rings. The Morgan fingerprint density at radius 2 is 1.82 bits per heavy atom. The second kappa shape index (κ2) is 11.4. The molecule has 11 nitrogen and oxygen atoms in total. The van der Waals surface area contributed by atoms with E-state index in [0.717, 1.165) is 6.07 Å². The number of alkyl halides is 3. The van der Waals surface area contributed by atoms with Crippen molar-refractivity contribution in [2.45, 2.75) is 32.5 Å². The van der Waals surface area contributed by atoms with Gasteiger partial charge in [0.1, 0.15) is 17.5 Å². The molecule has 2 aromatic rings. The summed E-state index contributed by atoms with van der Waals surface area (Å²) in [6, 6.07) is 2.94. The standard InChI is InChI=1S/C11H8F3N7.C9H17NO3/c1-16-7-2-8(20-21-10(7)11(12,13)14)19-9-5-17-6(3-15)4-18-9;1-9(2,3)13-8(11)10-4-6-12-7-5-10/h2,4-5H,1H3,(H2,16,18,19,20);4-7H2,1-3H3. The summed E-state index contributed by atoms with van der Waals surface area (Å²) in [5, 5.41) is 20.2. The van der Waals surface area contributed by atoms with Crippen molar-refractivity contribution in [2.75, 3.05) is 44.0 Å². The first-order chi connectivity index (χ1) is 15.9. The molecule has 0 spiro atoms. The molecule has 0 unspecified atom stereocenters. The summed E-state index contributed by atoms with van der Waals surface area (Å²) < 4.78 is 48.3. The van der Waals surface area contributed by atoms with Crippen molar-refractivity contribution >= 4 is 23.4 Å². The molecule has 34 heavy (non-hydrogen) atoms. The van der Waals surface area contributed by atoms with Crippen LogP contribution < -0.4 is 10.6 Å². The van der Waals surface area contributed by atoms with Gasteiger partial charge in [-0.25, -0.2) is 14.8 Å². The van der Waals surface area contributed by atoms with Crippen LogP contribution >= 0.6 is 0 Å². The molecule has 2 N–H and O–H groups in total. The summed E-state index contributed by atoms with van der Waals surface area (Å²) >= 11 is 0. The lowest BCUT2D eigenvalue weighted by molar-refractivity contribution is -0.141. The number of anilines is 3. The lowest BCUT2D eigenvalue weighted by Gasteiger charge is -2.29. The Morgan fingerprint density at radius 3 is 2.32 bits per heavy atom. The predicted octanol–water partition coefficient (Wildman–Crippen LogP) is 3.20. The van der Waals surface area contributed by atoms with Gasteiger partial charge in [-0.3, -0.25) is 0 Å². The molecular formula is C20H25F3N8O3. The second-order valence-corrected chi connectivity index (χ2v) is 7.84. The van der Waals surface area contributed by atoms with E-state index in [0.29, 0.717) is 26.3 Å². The largest absolute Gasteiger partial charge is 0.444 e. The van der Waals surface area contributed by atoms with Crippen molar-refractivity contribution in [2.24, 2.45) is 0 Å². The van der Waals surface area contributed by atoms with Gasteiger partial charge in [0.25, 0.3) is 0 Å². The van der Waals surface area contributed by atoms with E-state index < -0.39 is 17.5 Å². The topological polar surface area (TPSA) is 138 Å². The van der Waals surface area contributed by atoms with Gasteiger partial charge in [-0.15, -0.1) is 10.2 Å². The normalized spacial score (nSPS) is 13.8. The number of halogens is 3. The zero-order chi connectivity index (χ0) is 25.4. The number of morpholine rings is 1. The number of rotatable bonds is 3. The number of hydrogen-bond acceptors (Lipinski definition) is 10. The van der Waals surface area contributed by atoms with Gasteiger partial charge < -0.3 is 25.0 Å².